The van der Waals surface area contributed by atoms with Crippen molar-refractivity contribution in [3.8, 4) is 0 Å². The van der Waals surface area contributed by atoms with Crippen molar-refractivity contribution < 1.29 is 9.53 Å². The Morgan fingerprint density at radius 3 is 2.87 bits per heavy atom. The van der Waals surface area contributed by atoms with Crippen molar-refractivity contribution in [1.82, 2.24) is 15.1 Å². The van der Waals surface area contributed by atoms with Crippen LogP contribution in [0.5, 0.6) is 0 Å². The van der Waals surface area contributed by atoms with Crippen molar-refractivity contribution >= 4 is 5.91 Å². The van der Waals surface area contributed by atoms with E-state index in [0.717, 1.165) is 4.68 Å². The van der Waals surface area contributed by atoms with Gasteiger partial charge in [0.25, 0.3) is 11.5 Å². The van der Waals surface area contributed by atoms with Gasteiger partial charge >= 0.3 is 0 Å². The molecule has 6 nitrogen and oxygen atoms in total. The minimum absolute atomic E-state index is 0.0662. The molecule has 0 saturated carbocycles. The lowest BCUT2D eigenvalue weighted by atomic mass is 10.2. The van der Waals surface area contributed by atoms with Gasteiger partial charge in [0.15, 0.2) is 0 Å². The fourth-order valence-corrected chi connectivity index (χ4v) is 1.20. The highest BCUT2D eigenvalue weighted by atomic mass is 16.5. The maximum Gasteiger partial charge on any atom is 0.272 e. The molecule has 1 fully saturated rings. The zero-order valence-electron chi connectivity index (χ0n) is 8.27. The van der Waals surface area contributed by atoms with Gasteiger partial charge in [-0.25, -0.2) is 4.68 Å². The Balaban J connectivity index is 2.10. The lowest BCUT2D eigenvalue weighted by Crippen LogP contribution is -2.49. The predicted octanol–water partition coefficient (Wildman–Crippen LogP) is -1.09. The van der Waals surface area contributed by atoms with Crippen molar-refractivity contribution in [3.05, 3.63) is 28.2 Å². The lowest BCUT2D eigenvalue weighted by Gasteiger charge is -2.26. The van der Waals surface area contributed by atoms with Gasteiger partial charge in [0, 0.05) is 13.1 Å². The number of amides is 1. The van der Waals surface area contributed by atoms with Crippen LogP contribution >= 0.6 is 0 Å². The smallest absolute Gasteiger partial charge is 0.272 e. The van der Waals surface area contributed by atoms with E-state index in [-0.39, 0.29) is 23.2 Å². The number of aromatic nitrogens is 2. The van der Waals surface area contributed by atoms with E-state index in [2.05, 4.69) is 10.4 Å². The monoisotopic (exact) mass is 209 g/mol. The summed E-state index contributed by atoms with van der Waals surface area (Å²) in [5.41, 5.74) is 0.00234. The minimum atomic E-state index is -0.279. The Hall–Kier alpha value is -1.69. The summed E-state index contributed by atoms with van der Waals surface area (Å²) in [5, 5.41) is 6.57. The molecule has 15 heavy (non-hydrogen) atoms. The summed E-state index contributed by atoms with van der Waals surface area (Å²) in [6.07, 6.45) is 0. The number of carbonyl (C=O) groups excluding carboxylic acids is 1. The van der Waals surface area contributed by atoms with Crippen LogP contribution in [-0.4, -0.2) is 34.9 Å². The van der Waals surface area contributed by atoms with E-state index in [9.17, 15) is 9.59 Å². The molecule has 1 aromatic rings. The number of nitrogens with zero attached hydrogens (tertiary/aromatic N) is 2. The van der Waals surface area contributed by atoms with Crippen LogP contribution in [-0.2, 0) is 11.8 Å². The Morgan fingerprint density at radius 2 is 2.33 bits per heavy atom. The molecule has 0 atom stereocenters. The minimum Gasteiger partial charge on any atom is -0.377 e. The van der Waals surface area contributed by atoms with Gasteiger partial charge in [0.2, 0.25) is 0 Å². The molecule has 0 radical (unpaired) electrons. The zero-order valence-corrected chi connectivity index (χ0v) is 8.27. The first-order chi connectivity index (χ1) is 7.16. The van der Waals surface area contributed by atoms with E-state index in [0.29, 0.717) is 13.2 Å². The van der Waals surface area contributed by atoms with Crippen molar-refractivity contribution in [2.24, 2.45) is 7.05 Å². The standard InChI is InChI=1S/C9H11N3O3/c1-12-8(13)3-2-7(11-12)9(14)10-6-4-15-5-6/h2-3,6H,4-5H2,1H3,(H,10,14). The molecule has 1 saturated heterocycles. The third-order valence-corrected chi connectivity index (χ3v) is 2.17. The SMILES string of the molecule is Cn1nc(C(=O)NC2COC2)ccc1=O. The fourth-order valence-electron chi connectivity index (χ4n) is 1.20. The van der Waals surface area contributed by atoms with E-state index in [1.54, 1.807) is 0 Å². The van der Waals surface area contributed by atoms with Crippen molar-refractivity contribution in [3.63, 3.8) is 0 Å². The highest BCUT2D eigenvalue weighted by Crippen LogP contribution is 2.01. The van der Waals surface area contributed by atoms with Gasteiger partial charge in [-0.05, 0) is 6.07 Å². The van der Waals surface area contributed by atoms with Gasteiger partial charge in [-0.3, -0.25) is 9.59 Å². The first-order valence-electron chi connectivity index (χ1n) is 4.60. The quantitative estimate of drug-likeness (QED) is 0.671. The van der Waals surface area contributed by atoms with Gasteiger partial charge in [-0.1, -0.05) is 0 Å². The molecule has 0 unspecified atom stereocenters. The van der Waals surface area contributed by atoms with Crippen LogP contribution in [0.2, 0.25) is 0 Å². The second-order valence-electron chi connectivity index (χ2n) is 3.39. The van der Waals surface area contributed by atoms with E-state index >= 15 is 0 Å². The molecule has 2 heterocycles. The highest BCUT2D eigenvalue weighted by molar-refractivity contribution is 5.92. The van der Waals surface area contributed by atoms with E-state index in [1.807, 2.05) is 0 Å². The van der Waals surface area contributed by atoms with Crippen LogP contribution in [0.3, 0.4) is 0 Å². The Bertz CT molecular complexity index is 436. The van der Waals surface area contributed by atoms with E-state index in [1.165, 1.54) is 19.2 Å². The Kier molecular flexibility index (Phi) is 2.51. The number of hydrogen-bond donors (Lipinski definition) is 1. The molecule has 0 aliphatic carbocycles. The molecule has 0 spiro atoms. The third kappa shape index (κ3) is 2.04. The number of aryl methyl sites for hydroxylation is 1. The molecule has 1 N–H and O–H groups in total. The predicted molar refractivity (Wildman–Crippen MR) is 51.6 cm³/mol. The van der Waals surface area contributed by atoms with Crippen LogP contribution < -0.4 is 10.9 Å². The van der Waals surface area contributed by atoms with Gasteiger partial charge in [0.1, 0.15) is 5.69 Å². The van der Waals surface area contributed by atoms with Crippen LogP contribution in [0.25, 0.3) is 0 Å². The van der Waals surface area contributed by atoms with Crippen LogP contribution in [0.15, 0.2) is 16.9 Å². The van der Waals surface area contributed by atoms with Crippen molar-refractivity contribution in [2.45, 2.75) is 6.04 Å². The summed E-state index contributed by atoms with van der Waals surface area (Å²) < 4.78 is 6.06. The summed E-state index contributed by atoms with van der Waals surface area (Å²) >= 11 is 0. The second-order valence-corrected chi connectivity index (χ2v) is 3.39. The average Bonchev–Trinajstić information content (AvgIpc) is 2.15. The van der Waals surface area contributed by atoms with Crippen molar-refractivity contribution in [1.29, 1.82) is 0 Å². The molecule has 1 aliphatic rings. The molecule has 6 heteroatoms. The largest absolute Gasteiger partial charge is 0.377 e. The first kappa shape index (κ1) is 9.85. The molecule has 80 valence electrons. The highest BCUT2D eigenvalue weighted by Gasteiger charge is 2.21. The third-order valence-electron chi connectivity index (χ3n) is 2.17. The van der Waals surface area contributed by atoms with Crippen LogP contribution in [0.4, 0.5) is 0 Å². The Morgan fingerprint density at radius 1 is 1.60 bits per heavy atom. The van der Waals surface area contributed by atoms with Crippen molar-refractivity contribution in [2.75, 3.05) is 13.2 Å². The molecule has 0 aromatic carbocycles. The molecule has 0 bridgehead atoms. The first-order valence-corrected chi connectivity index (χ1v) is 4.60. The van der Waals surface area contributed by atoms with Gasteiger partial charge < -0.3 is 10.1 Å². The number of rotatable bonds is 2. The summed E-state index contributed by atoms with van der Waals surface area (Å²) in [7, 11) is 1.51. The van der Waals surface area contributed by atoms with E-state index in [4.69, 9.17) is 4.74 Å². The summed E-state index contributed by atoms with van der Waals surface area (Å²) in [6, 6.07) is 2.80. The topological polar surface area (TPSA) is 73.2 Å². The van der Waals surface area contributed by atoms with Gasteiger partial charge in [0.05, 0.1) is 19.3 Å². The van der Waals surface area contributed by atoms with Crippen LogP contribution in [0.1, 0.15) is 10.5 Å². The van der Waals surface area contributed by atoms with Gasteiger partial charge in [-0.2, -0.15) is 5.10 Å². The average molecular weight is 209 g/mol. The molecule has 2 rings (SSSR count). The van der Waals surface area contributed by atoms with Gasteiger partial charge in [-0.15, -0.1) is 0 Å². The normalized spacial score (nSPS) is 15.8. The Labute approximate surface area is 85.9 Å². The number of ether oxygens (including phenoxy) is 1. The summed E-state index contributed by atoms with van der Waals surface area (Å²) in [5.74, 6) is -0.279. The molecule has 1 aliphatic heterocycles. The number of hydrogen-bond acceptors (Lipinski definition) is 4. The maximum atomic E-state index is 11.6. The zero-order chi connectivity index (χ0) is 10.8. The number of carbonyl (C=O) groups is 1. The maximum absolute atomic E-state index is 11.6. The number of nitrogens with one attached hydrogen (secondary N) is 1. The fraction of sp³-hybridized carbons (Fsp3) is 0.444. The molecular weight excluding hydrogens is 198 g/mol. The second kappa shape index (κ2) is 3.82. The molecule has 1 amide bonds. The van der Waals surface area contributed by atoms with Crippen LogP contribution in [0, 0.1) is 0 Å². The van der Waals surface area contributed by atoms with E-state index < -0.39 is 0 Å². The molecule has 1 aromatic heterocycles. The lowest BCUT2D eigenvalue weighted by molar-refractivity contribution is -0.00358. The molecular formula is C9H11N3O3. The summed E-state index contributed by atoms with van der Waals surface area (Å²) in [4.78, 5) is 22.6. The summed E-state index contributed by atoms with van der Waals surface area (Å²) in [6.45, 7) is 1.08.